The minimum atomic E-state index is -1.63. The molecule has 8 heteroatoms. The molecule has 5 nitrogen and oxygen atoms in total. The van der Waals surface area contributed by atoms with Gasteiger partial charge in [0.1, 0.15) is 0 Å². The van der Waals surface area contributed by atoms with E-state index in [1.807, 2.05) is 30.3 Å². The molecule has 0 spiro atoms. The topological polar surface area (TPSA) is 65.5 Å². The van der Waals surface area contributed by atoms with Gasteiger partial charge in [-0.3, -0.25) is 9.79 Å². The van der Waals surface area contributed by atoms with E-state index in [0.717, 1.165) is 17.7 Å². The largest absolute Gasteiger partial charge is 0.356 e. The smallest absolute Gasteiger partial charge is 0.243 e. The van der Waals surface area contributed by atoms with Crippen LogP contribution in [0.4, 0.5) is 18.9 Å². The molecule has 0 aliphatic rings. The fourth-order valence-electron chi connectivity index (χ4n) is 2.50. The van der Waals surface area contributed by atoms with E-state index in [9.17, 15) is 18.0 Å². The van der Waals surface area contributed by atoms with E-state index < -0.39 is 29.0 Å². The van der Waals surface area contributed by atoms with Crippen LogP contribution < -0.4 is 16.0 Å². The van der Waals surface area contributed by atoms with E-state index in [2.05, 4.69) is 34.8 Å². The molecule has 0 radical (unpaired) electrons. The Morgan fingerprint density at radius 1 is 1.00 bits per heavy atom. The van der Waals surface area contributed by atoms with Crippen LogP contribution in [-0.4, -0.2) is 32.0 Å². The third-order valence-electron chi connectivity index (χ3n) is 4.20. The van der Waals surface area contributed by atoms with E-state index in [4.69, 9.17) is 0 Å². The molecule has 2 aromatic rings. The lowest BCUT2D eigenvalue weighted by Gasteiger charge is -2.26. The predicted molar refractivity (Wildman–Crippen MR) is 104 cm³/mol. The number of guanidine groups is 1. The van der Waals surface area contributed by atoms with Crippen LogP contribution in [0.2, 0.25) is 0 Å². The lowest BCUT2D eigenvalue weighted by Crippen LogP contribution is -2.45. The molecule has 1 amide bonds. The molecular weight excluding hydrogens is 369 g/mol. The van der Waals surface area contributed by atoms with Gasteiger partial charge in [-0.25, -0.2) is 13.2 Å². The van der Waals surface area contributed by atoms with Gasteiger partial charge in [0.25, 0.3) is 0 Å². The van der Waals surface area contributed by atoms with Gasteiger partial charge in [0.05, 0.1) is 12.2 Å². The van der Waals surface area contributed by atoms with Gasteiger partial charge in [0, 0.05) is 19.0 Å². The zero-order valence-corrected chi connectivity index (χ0v) is 15.9. The zero-order valence-electron chi connectivity index (χ0n) is 15.9. The summed E-state index contributed by atoms with van der Waals surface area (Å²) in [6, 6.07) is 11.6. The highest BCUT2D eigenvalue weighted by Gasteiger charge is 2.21. The highest BCUT2D eigenvalue weighted by Crippen LogP contribution is 2.21. The Balaban J connectivity index is 1.88. The molecule has 150 valence electrons. The van der Waals surface area contributed by atoms with Crippen LogP contribution >= 0.6 is 0 Å². The molecule has 0 aliphatic heterocycles. The first-order valence-corrected chi connectivity index (χ1v) is 8.68. The van der Waals surface area contributed by atoms with Gasteiger partial charge in [0.2, 0.25) is 5.91 Å². The molecular formula is C20H23F3N4O. The lowest BCUT2D eigenvalue weighted by molar-refractivity contribution is -0.115. The minimum Gasteiger partial charge on any atom is -0.356 e. The Bertz CT molecular complexity index is 854. The quantitative estimate of drug-likeness (QED) is 0.402. The van der Waals surface area contributed by atoms with E-state index in [-0.39, 0.29) is 12.0 Å². The van der Waals surface area contributed by atoms with E-state index >= 15 is 0 Å². The number of carbonyl (C=O) groups excluding carboxylic acids is 1. The first-order valence-electron chi connectivity index (χ1n) is 8.68. The van der Waals surface area contributed by atoms with Crippen LogP contribution in [0.25, 0.3) is 0 Å². The number of hydrogen-bond acceptors (Lipinski definition) is 2. The third kappa shape index (κ3) is 5.48. The van der Waals surface area contributed by atoms with Crippen molar-refractivity contribution in [2.45, 2.75) is 19.3 Å². The molecule has 0 heterocycles. The summed E-state index contributed by atoms with van der Waals surface area (Å²) >= 11 is 0. The summed E-state index contributed by atoms with van der Waals surface area (Å²) in [5.74, 6) is -4.65. The maximum Gasteiger partial charge on any atom is 0.243 e. The molecule has 0 aromatic heterocycles. The fraction of sp³-hybridized carbons (Fsp3) is 0.300. The number of halogens is 3. The van der Waals surface area contributed by atoms with E-state index in [1.54, 1.807) is 7.05 Å². The Hall–Kier alpha value is -3.03. The highest BCUT2D eigenvalue weighted by atomic mass is 19.2. The Morgan fingerprint density at radius 2 is 1.68 bits per heavy atom. The monoisotopic (exact) mass is 392 g/mol. The van der Waals surface area contributed by atoms with Gasteiger partial charge in [-0.2, -0.15) is 0 Å². The summed E-state index contributed by atoms with van der Waals surface area (Å²) < 4.78 is 39.8. The van der Waals surface area contributed by atoms with Gasteiger partial charge in [0.15, 0.2) is 23.4 Å². The van der Waals surface area contributed by atoms with Gasteiger partial charge >= 0.3 is 0 Å². The fourth-order valence-corrected chi connectivity index (χ4v) is 2.50. The summed E-state index contributed by atoms with van der Waals surface area (Å²) in [7, 11) is 1.55. The maximum absolute atomic E-state index is 13.6. The molecule has 0 fully saturated rings. The zero-order chi connectivity index (χ0) is 20.7. The molecule has 0 unspecified atom stereocenters. The number of nitrogens with one attached hydrogen (secondary N) is 3. The first kappa shape index (κ1) is 21.3. The van der Waals surface area contributed by atoms with Crippen molar-refractivity contribution in [1.82, 2.24) is 10.6 Å². The van der Waals surface area contributed by atoms with Gasteiger partial charge in [-0.05, 0) is 17.7 Å². The van der Waals surface area contributed by atoms with Gasteiger partial charge in [-0.1, -0.05) is 44.2 Å². The van der Waals surface area contributed by atoms with Crippen LogP contribution in [0, 0.1) is 17.5 Å². The van der Waals surface area contributed by atoms with Gasteiger partial charge < -0.3 is 16.0 Å². The minimum absolute atomic E-state index is 0.185. The summed E-state index contributed by atoms with van der Waals surface area (Å²) in [4.78, 5) is 16.0. The molecule has 0 saturated carbocycles. The van der Waals surface area contributed by atoms with Crippen molar-refractivity contribution < 1.29 is 18.0 Å². The SMILES string of the molecule is CN=C(NCC(=O)Nc1ccc(F)c(F)c1F)NCC(C)(C)c1ccccc1. The summed E-state index contributed by atoms with van der Waals surface area (Å²) in [6.07, 6.45) is 0. The Labute approximate surface area is 162 Å². The van der Waals surface area contributed by atoms with Crippen molar-refractivity contribution in [2.24, 2.45) is 4.99 Å². The predicted octanol–water partition coefficient (Wildman–Crippen LogP) is 3.19. The highest BCUT2D eigenvalue weighted by molar-refractivity contribution is 5.95. The van der Waals surface area contributed by atoms with Gasteiger partial charge in [-0.15, -0.1) is 0 Å². The molecule has 28 heavy (non-hydrogen) atoms. The van der Waals surface area contributed by atoms with Crippen LogP contribution in [0.3, 0.4) is 0 Å². The van der Waals surface area contributed by atoms with E-state index in [1.165, 1.54) is 0 Å². The molecule has 0 saturated heterocycles. The average molecular weight is 392 g/mol. The van der Waals surface area contributed by atoms with Crippen LogP contribution in [0.15, 0.2) is 47.5 Å². The first-order chi connectivity index (χ1) is 13.2. The van der Waals surface area contributed by atoms with Crippen molar-refractivity contribution >= 4 is 17.6 Å². The van der Waals surface area contributed by atoms with Crippen molar-refractivity contribution in [3.05, 3.63) is 65.5 Å². The number of anilines is 1. The normalized spacial score (nSPS) is 11.9. The number of benzene rings is 2. The average Bonchev–Trinajstić information content (AvgIpc) is 2.69. The standard InChI is InChI=1S/C20H23F3N4O/c1-20(2,13-7-5-4-6-8-13)12-26-19(24-3)25-11-16(28)27-15-10-9-14(21)17(22)18(15)23/h4-10H,11-12H2,1-3H3,(H,27,28)(H2,24,25,26). The third-order valence-corrected chi connectivity index (χ3v) is 4.20. The molecule has 0 atom stereocenters. The second-order valence-corrected chi connectivity index (χ2v) is 6.80. The van der Waals surface area contributed by atoms with E-state index in [0.29, 0.717) is 12.5 Å². The number of rotatable bonds is 6. The second kappa shape index (κ2) is 9.25. The van der Waals surface area contributed by atoms with Crippen molar-refractivity contribution in [3.63, 3.8) is 0 Å². The number of nitrogens with zero attached hydrogens (tertiary/aromatic N) is 1. The number of aliphatic imine (C=N–C) groups is 1. The van der Waals surface area contributed by atoms with Crippen molar-refractivity contribution in [2.75, 3.05) is 25.5 Å². The Morgan fingerprint density at radius 3 is 2.32 bits per heavy atom. The Kier molecular flexibility index (Phi) is 7.03. The number of amides is 1. The molecule has 3 N–H and O–H groups in total. The lowest BCUT2D eigenvalue weighted by atomic mass is 9.85. The molecule has 0 bridgehead atoms. The molecule has 2 rings (SSSR count). The molecule has 0 aliphatic carbocycles. The van der Waals surface area contributed by atoms with Crippen LogP contribution in [0.5, 0.6) is 0 Å². The number of hydrogen-bond donors (Lipinski definition) is 3. The summed E-state index contributed by atoms with van der Waals surface area (Å²) in [5.41, 5.74) is 0.527. The van der Waals surface area contributed by atoms with Crippen LogP contribution in [-0.2, 0) is 10.2 Å². The maximum atomic E-state index is 13.6. The summed E-state index contributed by atoms with van der Waals surface area (Å²) in [6.45, 7) is 4.46. The van der Waals surface area contributed by atoms with Crippen LogP contribution in [0.1, 0.15) is 19.4 Å². The summed E-state index contributed by atoms with van der Waals surface area (Å²) in [5, 5.41) is 8.12. The van der Waals surface area contributed by atoms with Crippen molar-refractivity contribution in [3.8, 4) is 0 Å². The van der Waals surface area contributed by atoms with Crippen molar-refractivity contribution in [1.29, 1.82) is 0 Å². The number of carbonyl (C=O) groups is 1. The molecule has 2 aromatic carbocycles. The second-order valence-electron chi connectivity index (χ2n) is 6.80.